The van der Waals surface area contributed by atoms with Crippen LogP contribution in [-0.2, 0) is 33.3 Å². The van der Waals surface area contributed by atoms with Crippen molar-refractivity contribution in [2.75, 3.05) is 47.5 Å². The summed E-state index contributed by atoms with van der Waals surface area (Å²) < 4.78 is 22.8. The normalized spacial score (nSPS) is 13.4. The summed E-state index contributed by atoms with van der Waals surface area (Å²) in [6.45, 7) is 4.55. The number of nitrogens with zero attached hydrogens (tertiary/aromatic N) is 1. The Hall–Kier alpha value is -4.31. The molecule has 0 amide bonds. The molecule has 9 heteroatoms. The van der Waals surface area contributed by atoms with Crippen molar-refractivity contribution in [1.82, 2.24) is 0 Å². The maximum atomic E-state index is 13.0. The lowest BCUT2D eigenvalue weighted by atomic mass is 10.0. The molecule has 0 aromatic carbocycles. The molecule has 0 aliphatic heterocycles. The Morgan fingerprint density at radius 3 is 0.879 bits per heavy atom. The van der Waals surface area contributed by atoms with Crippen LogP contribution in [0.2, 0.25) is 0 Å². The largest absolute Gasteiger partial charge is 0.545 e. The first-order valence-electron chi connectivity index (χ1n) is 37.7. The predicted octanol–water partition coefficient (Wildman–Crippen LogP) is 22.6. The number of allylic oxidation sites excluding steroid dienone is 20. The number of rotatable bonds is 69. The van der Waals surface area contributed by atoms with Crippen molar-refractivity contribution in [3.8, 4) is 0 Å². The molecule has 91 heavy (non-hydrogen) atoms. The number of hydrogen-bond donors (Lipinski definition) is 0. The SMILES string of the molecule is CC/C=C\C/C=C\C/C=C\C/C=C\C/C=C\C/C=C\CCCCCCCCCCCCCCCCC(=O)OC(COC(=O)CCCCCCCCCCCCCCCCCCCCCC/C=C\C/C=C\C/C=C\C/C=C\CC)COC(OCC[N+](C)(C)C)C(=O)[O-]. The average Bonchev–Trinajstić information content (AvgIpc) is 3.46. The van der Waals surface area contributed by atoms with Crippen LogP contribution in [0.3, 0.4) is 0 Å². The number of likely N-dealkylation sites (N-methyl/N-ethyl adjacent to an activating group) is 1. The predicted molar refractivity (Wildman–Crippen MR) is 389 cm³/mol. The van der Waals surface area contributed by atoms with Crippen LogP contribution in [0.5, 0.6) is 0 Å². The Bertz CT molecular complexity index is 1910. The highest BCUT2D eigenvalue weighted by atomic mass is 16.7. The number of aliphatic carboxylic acids is 1. The fourth-order valence-corrected chi connectivity index (χ4v) is 10.5. The van der Waals surface area contributed by atoms with Crippen molar-refractivity contribution in [2.45, 2.75) is 334 Å². The van der Waals surface area contributed by atoms with Gasteiger partial charge in [0.2, 0.25) is 0 Å². The van der Waals surface area contributed by atoms with E-state index in [2.05, 4.69) is 135 Å². The van der Waals surface area contributed by atoms with E-state index in [-0.39, 0.29) is 32.2 Å². The van der Waals surface area contributed by atoms with Gasteiger partial charge in [0.1, 0.15) is 13.2 Å². The molecule has 522 valence electrons. The van der Waals surface area contributed by atoms with Gasteiger partial charge in [0, 0.05) is 12.8 Å². The highest BCUT2D eigenvalue weighted by molar-refractivity contribution is 5.70. The summed E-state index contributed by atoms with van der Waals surface area (Å²) in [5.41, 5.74) is 0. The fourth-order valence-electron chi connectivity index (χ4n) is 10.5. The second-order valence-electron chi connectivity index (χ2n) is 26.2. The first kappa shape index (κ1) is 86.7. The van der Waals surface area contributed by atoms with Crippen molar-refractivity contribution >= 4 is 17.9 Å². The molecule has 0 saturated heterocycles. The lowest BCUT2D eigenvalue weighted by molar-refractivity contribution is -0.870. The van der Waals surface area contributed by atoms with E-state index in [1.165, 1.54) is 186 Å². The third-order valence-electron chi connectivity index (χ3n) is 16.2. The molecule has 2 atom stereocenters. The Morgan fingerprint density at radius 1 is 0.330 bits per heavy atom. The van der Waals surface area contributed by atoms with Gasteiger partial charge in [-0.15, -0.1) is 0 Å². The lowest BCUT2D eigenvalue weighted by Crippen LogP contribution is -2.44. The first-order chi connectivity index (χ1) is 44.6. The Morgan fingerprint density at radius 2 is 0.593 bits per heavy atom. The molecule has 0 saturated carbocycles. The number of quaternary nitrogens is 1. The first-order valence-corrected chi connectivity index (χ1v) is 37.7. The van der Waals surface area contributed by atoms with Gasteiger partial charge in [0.15, 0.2) is 12.4 Å². The molecule has 0 spiro atoms. The topological polar surface area (TPSA) is 111 Å². The summed E-state index contributed by atoms with van der Waals surface area (Å²) >= 11 is 0. The summed E-state index contributed by atoms with van der Waals surface area (Å²) in [5.74, 6) is -2.27. The van der Waals surface area contributed by atoms with Crippen LogP contribution in [0.4, 0.5) is 0 Å². The van der Waals surface area contributed by atoms with Gasteiger partial charge in [-0.25, -0.2) is 0 Å². The third-order valence-corrected chi connectivity index (χ3v) is 16.2. The zero-order valence-electron chi connectivity index (χ0n) is 59.7. The minimum atomic E-state index is -1.63. The van der Waals surface area contributed by atoms with Crippen LogP contribution in [-0.4, -0.2) is 82.3 Å². The van der Waals surface area contributed by atoms with Gasteiger partial charge in [-0.1, -0.05) is 328 Å². The molecule has 0 fully saturated rings. The molecule has 0 aromatic heterocycles. The van der Waals surface area contributed by atoms with Crippen LogP contribution < -0.4 is 5.11 Å². The number of carbonyl (C=O) groups is 3. The quantitative estimate of drug-likeness (QED) is 0.0195. The third kappa shape index (κ3) is 73.0. The second kappa shape index (κ2) is 71.5. The van der Waals surface area contributed by atoms with E-state index in [0.717, 1.165) is 103 Å². The molecule has 0 aliphatic rings. The lowest BCUT2D eigenvalue weighted by Gasteiger charge is -2.26. The molecule has 0 heterocycles. The molecular weight excluding hydrogens is 1130 g/mol. The van der Waals surface area contributed by atoms with Crippen molar-refractivity contribution in [3.63, 3.8) is 0 Å². The van der Waals surface area contributed by atoms with E-state index < -0.39 is 24.3 Å². The minimum absolute atomic E-state index is 0.145. The van der Waals surface area contributed by atoms with Crippen LogP contribution in [0, 0.1) is 0 Å². The van der Waals surface area contributed by atoms with Crippen molar-refractivity contribution in [3.05, 3.63) is 122 Å². The van der Waals surface area contributed by atoms with Crippen LogP contribution in [0.15, 0.2) is 122 Å². The molecule has 2 unspecified atom stereocenters. The van der Waals surface area contributed by atoms with Crippen LogP contribution in [0.25, 0.3) is 0 Å². The second-order valence-corrected chi connectivity index (χ2v) is 26.2. The Kier molecular flexibility index (Phi) is 68.1. The van der Waals surface area contributed by atoms with Gasteiger partial charge in [0.25, 0.3) is 0 Å². The van der Waals surface area contributed by atoms with E-state index in [1.54, 1.807) is 0 Å². The van der Waals surface area contributed by atoms with E-state index >= 15 is 0 Å². The van der Waals surface area contributed by atoms with Gasteiger partial charge in [-0.05, 0) is 103 Å². The standard InChI is InChI=1S/C82H141NO8/c1-6-8-10-12-14-16-18-20-22-24-26-28-30-32-34-36-38-40-42-44-46-48-50-52-54-56-58-60-62-64-66-68-70-72-79(84)89-76-78(77-90-82(81(86)87)88-75-74-83(3,4)5)91-80(85)73-71-69-67-65-63-61-59-57-55-53-51-49-47-45-43-41-39-37-35-33-31-29-27-25-23-21-19-17-15-13-11-9-7-2/h8-11,14-17,20-23,26-29,33,35,39,41,78,82H,6-7,12-13,18-19,24-25,30-32,34,36-38,40,42-77H2,1-5H3/b10-8-,11-9-,16-14-,17-15-,22-20-,23-21-,28-26-,29-27-,35-33-,41-39-. The molecule has 9 nitrogen and oxygen atoms in total. The zero-order valence-corrected chi connectivity index (χ0v) is 59.7. The van der Waals surface area contributed by atoms with E-state index in [4.69, 9.17) is 18.9 Å². The molecule has 0 rings (SSSR count). The van der Waals surface area contributed by atoms with Gasteiger partial charge >= 0.3 is 11.9 Å². The monoisotopic (exact) mass is 1270 g/mol. The highest BCUT2D eigenvalue weighted by Gasteiger charge is 2.22. The number of carboxylic acid groups (broad SMARTS) is 1. The minimum Gasteiger partial charge on any atom is -0.545 e. The number of esters is 2. The van der Waals surface area contributed by atoms with Crippen LogP contribution in [0.1, 0.15) is 322 Å². The van der Waals surface area contributed by atoms with Gasteiger partial charge in [-0.3, -0.25) is 9.59 Å². The van der Waals surface area contributed by atoms with E-state index in [1.807, 2.05) is 21.1 Å². The van der Waals surface area contributed by atoms with Gasteiger partial charge in [0.05, 0.1) is 40.3 Å². The smallest absolute Gasteiger partial charge is 0.306 e. The maximum Gasteiger partial charge on any atom is 0.306 e. The molecule has 0 radical (unpaired) electrons. The number of hydrogen-bond acceptors (Lipinski definition) is 8. The van der Waals surface area contributed by atoms with Crippen molar-refractivity contribution < 1.29 is 42.9 Å². The number of ether oxygens (including phenoxy) is 4. The van der Waals surface area contributed by atoms with E-state index in [9.17, 15) is 19.5 Å². The summed E-state index contributed by atoms with van der Waals surface area (Å²) in [7, 11) is 5.94. The van der Waals surface area contributed by atoms with Crippen molar-refractivity contribution in [1.29, 1.82) is 0 Å². The summed E-state index contributed by atoms with van der Waals surface area (Å²) in [6.07, 6.45) is 98.7. The summed E-state index contributed by atoms with van der Waals surface area (Å²) in [4.78, 5) is 37.6. The molecular formula is C82H141NO8. The van der Waals surface area contributed by atoms with E-state index in [0.29, 0.717) is 23.9 Å². The summed E-state index contributed by atoms with van der Waals surface area (Å²) in [5, 5.41) is 11.9. The Labute approximate surface area is 561 Å². The molecule has 0 aromatic rings. The molecule has 0 aliphatic carbocycles. The van der Waals surface area contributed by atoms with Crippen molar-refractivity contribution in [2.24, 2.45) is 0 Å². The zero-order chi connectivity index (χ0) is 66.1. The average molecular weight is 1270 g/mol. The maximum absolute atomic E-state index is 13.0. The summed E-state index contributed by atoms with van der Waals surface area (Å²) in [6, 6.07) is 0. The fraction of sp³-hybridized carbons (Fsp3) is 0.720. The van der Waals surface area contributed by atoms with Gasteiger partial charge < -0.3 is 33.3 Å². The molecule has 0 bridgehead atoms. The van der Waals surface area contributed by atoms with Crippen LogP contribution >= 0.6 is 0 Å². The number of carbonyl (C=O) groups excluding carboxylic acids is 3. The number of carboxylic acids is 1. The highest BCUT2D eigenvalue weighted by Crippen LogP contribution is 2.18. The number of unbranched alkanes of at least 4 members (excludes halogenated alkanes) is 34. The Balaban J connectivity index is 4.06. The van der Waals surface area contributed by atoms with Gasteiger partial charge in [-0.2, -0.15) is 0 Å². The molecule has 0 N–H and O–H groups in total.